The predicted octanol–water partition coefficient (Wildman–Crippen LogP) is 2.14. The molecule has 1 aliphatic heterocycles. The first kappa shape index (κ1) is 23.1. The summed E-state index contributed by atoms with van der Waals surface area (Å²) in [5, 5.41) is 2.84. The lowest BCUT2D eigenvalue weighted by Crippen LogP contribution is -2.44. The maximum absolute atomic E-state index is 12.5. The van der Waals surface area contributed by atoms with Gasteiger partial charge in [-0.3, -0.25) is 9.10 Å². The molecule has 0 unspecified atom stereocenters. The largest absolute Gasteiger partial charge is 0.369 e. The highest BCUT2D eigenvalue weighted by molar-refractivity contribution is 7.92. The summed E-state index contributed by atoms with van der Waals surface area (Å²) in [6.45, 7) is 8.10. The third-order valence-corrected chi connectivity index (χ3v) is 6.90. The fourth-order valence-electron chi connectivity index (χ4n) is 3.56. The summed E-state index contributed by atoms with van der Waals surface area (Å²) in [7, 11) is -1.45. The van der Waals surface area contributed by atoms with E-state index in [-0.39, 0.29) is 12.5 Å². The number of rotatable bonds is 7. The number of carbonyl (C=O) groups excluding carboxylic acids is 1. The molecule has 168 valence electrons. The van der Waals surface area contributed by atoms with Gasteiger partial charge in [0.15, 0.2) is 0 Å². The number of likely N-dealkylation sites (N-methyl/N-ethyl adjacent to an activating group) is 1. The van der Waals surface area contributed by atoms with Gasteiger partial charge in [-0.1, -0.05) is 18.2 Å². The molecule has 0 radical (unpaired) electrons. The Kier molecular flexibility index (Phi) is 7.23. The smallest absolute Gasteiger partial charge is 0.241 e. The Morgan fingerprint density at radius 1 is 1.00 bits per heavy atom. The summed E-state index contributed by atoms with van der Waals surface area (Å²) in [6, 6.07) is 13.5. The number of anilines is 2. The highest BCUT2D eigenvalue weighted by Crippen LogP contribution is 2.21. The molecular formula is C23H32N4O3S. The number of nitrogens with one attached hydrogen (secondary N) is 1. The minimum Gasteiger partial charge on any atom is -0.369 e. The van der Waals surface area contributed by atoms with E-state index in [1.807, 2.05) is 32.0 Å². The van der Waals surface area contributed by atoms with Crippen molar-refractivity contribution in [1.82, 2.24) is 10.2 Å². The number of sulfonamides is 1. The third-order valence-electron chi connectivity index (χ3n) is 5.76. The molecule has 0 spiro atoms. The number of aryl methyl sites for hydroxylation is 2. The molecule has 1 saturated heterocycles. The van der Waals surface area contributed by atoms with Crippen LogP contribution in [0, 0.1) is 13.8 Å². The van der Waals surface area contributed by atoms with E-state index in [0.717, 1.165) is 53.4 Å². The van der Waals surface area contributed by atoms with Crippen LogP contribution in [0.5, 0.6) is 0 Å². The van der Waals surface area contributed by atoms with Crippen LogP contribution in [0.4, 0.5) is 11.4 Å². The van der Waals surface area contributed by atoms with Crippen LogP contribution in [-0.4, -0.2) is 65.3 Å². The van der Waals surface area contributed by atoms with Crippen LogP contribution < -0.4 is 14.5 Å². The Labute approximate surface area is 185 Å². The number of hydrogen-bond donors (Lipinski definition) is 1. The quantitative estimate of drug-likeness (QED) is 0.708. The van der Waals surface area contributed by atoms with E-state index in [1.54, 1.807) is 12.1 Å². The Hall–Kier alpha value is -2.58. The molecule has 1 aliphatic rings. The number of amides is 1. The zero-order chi connectivity index (χ0) is 22.6. The molecule has 2 aromatic rings. The highest BCUT2D eigenvalue weighted by Gasteiger charge is 2.21. The van der Waals surface area contributed by atoms with Crippen LogP contribution in [-0.2, 0) is 21.4 Å². The van der Waals surface area contributed by atoms with Gasteiger partial charge in [-0.15, -0.1) is 0 Å². The molecule has 3 rings (SSSR count). The second-order valence-corrected chi connectivity index (χ2v) is 10.2. The van der Waals surface area contributed by atoms with E-state index < -0.39 is 10.0 Å². The van der Waals surface area contributed by atoms with E-state index in [1.165, 1.54) is 5.69 Å². The van der Waals surface area contributed by atoms with Crippen LogP contribution in [0.2, 0.25) is 0 Å². The normalized spacial score (nSPS) is 15.0. The third kappa shape index (κ3) is 6.21. The van der Waals surface area contributed by atoms with Crippen LogP contribution >= 0.6 is 0 Å². The van der Waals surface area contributed by atoms with Gasteiger partial charge < -0.3 is 15.1 Å². The second-order valence-electron chi connectivity index (χ2n) is 8.27. The fourth-order valence-corrected chi connectivity index (χ4v) is 4.41. The van der Waals surface area contributed by atoms with Crippen molar-refractivity contribution in [1.29, 1.82) is 0 Å². The minimum absolute atomic E-state index is 0.249. The van der Waals surface area contributed by atoms with Crippen molar-refractivity contribution >= 4 is 27.3 Å². The lowest BCUT2D eigenvalue weighted by molar-refractivity contribution is -0.119. The van der Waals surface area contributed by atoms with Crippen molar-refractivity contribution in [3.05, 3.63) is 59.2 Å². The van der Waals surface area contributed by atoms with E-state index in [0.29, 0.717) is 12.2 Å². The lowest BCUT2D eigenvalue weighted by Gasteiger charge is -2.34. The van der Waals surface area contributed by atoms with Gasteiger partial charge in [0.05, 0.1) is 11.9 Å². The van der Waals surface area contributed by atoms with Crippen LogP contribution in [0.15, 0.2) is 42.5 Å². The molecular weight excluding hydrogens is 412 g/mol. The van der Waals surface area contributed by atoms with Gasteiger partial charge in [0.25, 0.3) is 0 Å². The summed E-state index contributed by atoms with van der Waals surface area (Å²) in [5.74, 6) is -0.341. The Morgan fingerprint density at radius 3 is 2.23 bits per heavy atom. The van der Waals surface area contributed by atoms with Crippen molar-refractivity contribution in [2.75, 3.05) is 55.2 Å². The Morgan fingerprint density at radius 2 is 1.65 bits per heavy atom. The molecule has 0 aromatic heterocycles. The molecule has 1 N–H and O–H groups in total. The molecule has 0 aliphatic carbocycles. The SMILES string of the molecule is Cc1ccc(N(CC(=O)NCc2ccc(N3CCN(C)CC3)cc2)S(C)(=O)=O)cc1C. The summed E-state index contributed by atoms with van der Waals surface area (Å²) in [5.41, 5.74) is 4.70. The zero-order valence-electron chi connectivity index (χ0n) is 18.8. The minimum atomic E-state index is -3.58. The molecule has 31 heavy (non-hydrogen) atoms. The second kappa shape index (κ2) is 9.70. The van der Waals surface area contributed by atoms with Crippen molar-refractivity contribution in [2.45, 2.75) is 20.4 Å². The van der Waals surface area contributed by atoms with Crippen LogP contribution in [0.25, 0.3) is 0 Å². The maximum Gasteiger partial charge on any atom is 0.241 e. The van der Waals surface area contributed by atoms with Gasteiger partial charge in [0.1, 0.15) is 6.54 Å². The highest BCUT2D eigenvalue weighted by atomic mass is 32.2. The molecule has 8 heteroatoms. The van der Waals surface area contributed by atoms with Gasteiger partial charge in [-0.2, -0.15) is 0 Å². The maximum atomic E-state index is 12.5. The van der Waals surface area contributed by atoms with Gasteiger partial charge in [0, 0.05) is 38.4 Å². The number of benzene rings is 2. The number of nitrogens with zero attached hydrogens (tertiary/aromatic N) is 3. The Bertz CT molecular complexity index is 1010. The summed E-state index contributed by atoms with van der Waals surface area (Å²) in [6.07, 6.45) is 1.12. The van der Waals surface area contributed by atoms with Gasteiger partial charge >= 0.3 is 0 Å². The zero-order valence-corrected chi connectivity index (χ0v) is 19.6. The lowest BCUT2D eigenvalue weighted by atomic mass is 10.1. The molecule has 0 bridgehead atoms. The summed E-state index contributed by atoms with van der Waals surface area (Å²) >= 11 is 0. The number of hydrogen-bond acceptors (Lipinski definition) is 5. The molecule has 1 amide bonds. The fraction of sp³-hybridized carbons (Fsp3) is 0.435. The number of piperazine rings is 1. The van der Waals surface area contributed by atoms with Crippen molar-refractivity contribution < 1.29 is 13.2 Å². The summed E-state index contributed by atoms with van der Waals surface area (Å²) < 4.78 is 25.7. The molecule has 0 saturated carbocycles. The van der Waals surface area contributed by atoms with Crippen LogP contribution in [0.3, 0.4) is 0 Å². The van der Waals surface area contributed by atoms with E-state index in [4.69, 9.17) is 0 Å². The van der Waals surface area contributed by atoms with Crippen LogP contribution in [0.1, 0.15) is 16.7 Å². The molecule has 7 nitrogen and oxygen atoms in total. The topological polar surface area (TPSA) is 73.0 Å². The summed E-state index contributed by atoms with van der Waals surface area (Å²) in [4.78, 5) is 17.2. The van der Waals surface area contributed by atoms with Crippen molar-refractivity contribution in [3.8, 4) is 0 Å². The van der Waals surface area contributed by atoms with Crippen molar-refractivity contribution in [3.63, 3.8) is 0 Å². The van der Waals surface area contributed by atoms with E-state index in [2.05, 4.69) is 34.3 Å². The number of carbonyl (C=O) groups is 1. The molecule has 0 atom stereocenters. The monoisotopic (exact) mass is 444 g/mol. The van der Waals surface area contributed by atoms with Gasteiger partial charge in [0.2, 0.25) is 15.9 Å². The predicted molar refractivity (Wildman–Crippen MR) is 126 cm³/mol. The average Bonchev–Trinajstić information content (AvgIpc) is 2.73. The van der Waals surface area contributed by atoms with E-state index in [9.17, 15) is 13.2 Å². The van der Waals surface area contributed by atoms with E-state index >= 15 is 0 Å². The molecule has 1 heterocycles. The molecule has 2 aromatic carbocycles. The van der Waals surface area contributed by atoms with Gasteiger partial charge in [-0.05, 0) is 61.9 Å². The molecule has 1 fully saturated rings. The standard InChI is InChI=1S/C23H32N4O3S/c1-18-5-8-22(15-19(18)2)27(31(4,29)30)17-23(28)24-16-20-6-9-21(10-7-20)26-13-11-25(3)12-14-26/h5-10,15H,11-14,16-17H2,1-4H3,(H,24,28). The van der Waals surface area contributed by atoms with Gasteiger partial charge in [-0.25, -0.2) is 8.42 Å². The average molecular weight is 445 g/mol. The Balaban J connectivity index is 1.59. The first-order chi connectivity index (χ1) is 14.6. The van der Waals surface area contributed by atoms with Crippen molar-refractivity contribution in [2.24, 2.45) is 0 Å². The first-order valence-corrected chi connectivity index (χ1v) is 12.3. The first-order valence-electron chi connectivity index (χ1n) is 10.5.